The zero-order chi connectivity index (χ0) is 26.6. The molecule has 4 rings (SSSR count). The molecule has 0 bridgehead atoms. The Morgan fingerprint density at radius 1 is 0.737 bits per heavy atom. The van der Waals surface area contributed by atoms with Crippen LogP contribution in [0.4, 0.5) is 0 Å². The van der Waals surface area contributed by atoms with Gasteiger partial charge in [-0.25, -0.2) is 0 Å². The monoisotopic (exact) mass is 530 g/mol. The number of carbonyl (C=O) groups is 1. The van der Waals surface area contributed by atoms with Crippen molar-refractivity contribution in [1.29, 1.82) is 0 Å². The van der Waals surface area contributed by atoms with E-state index in [0.717, 1.165) is 0 Å². The molecular weight excluding hydrogens is 496 g/mol. The van der Waals surface area contributed by atoms with Gasteiger partial charge >= 0.3 is 5.97 Å². The van der Waals surface area contributed by atoms with Crippen LogP contribution in [0.5, 0.6) is 23.0 Å². The summed E-state index contributed by atoms with van der Waals surface area (Å²) in [5.41, 5.74) is -1.10. The fraction of sp³-hybridized carbons (Fsp3) is 0.464. The van der Waals surface area contributed by atoms with E-state index in [-0.39, 0.29) is 32.7 Å². The lowest BCUT2D eigenvalue weighted by molar-refractivity contribution is -0.139. The van der Waals surface area contributed by atoms with Gasteiger partial charge in [0.25, 0.3) is 0 Å². The predicted molar refractivity (Wildman–Crippen MR) is 136 cm³/mol. The van der Waals surface area contributed by atoms with Gasteiger partial charge in [-0.2, -0.15) is 0 Å². The van der Waals surface area contributed by atoms with Crippen molar-refractivity contribution in [3.63, 3.8) is 0 Å². The Morgan fingerprint density at radius 3 is 1.89 bits per heavy atom. The van der Waals surface area contributed by atoms with Crippen LogP contribution >= 0.6 is 0 Å². The summed E-state index contributed by atoms with van der Waals surface area (Å²) in [4.78, 5) is 11.4. The standard InChI is InChI=1S/C28H34O10/c1-28(11-10-26(29)30)27-25(37-23-8-4-5-9-24(23)38-27)20-33-13-12-31-14-17-34-21-6-2-3-7-22(21)35-18-15-32-16-19-36-28/h2-9H,10-20H2,1H3,(H,29,30). The largest absolute Gasteiger partial charge is 0.487 e. The molecule has 0 radical (unpaired) electrons. The Balaban J connectivity index is 1.49. The Labute approximate surface area is 221 Å². The van der Waals surface area contributed by atoms with E-state index >= 15 is 0 Å². The number of aliphatic carboxylic acids is 1. The van der Waals surface area contributed by atoms with Crippen molar-refractivity contribution in [3.05, 3.63) is 60.0 Å². The second kappa shape index (κ2) is 14.0. The van der Waals surface area contributed by atoms with Gasteiger partial charge in [0.1, 0.15) is 25.4 Å². The highest BCUT2D eigenvalue weighted by Gasteiger charge is 2.39. The van der Waals surface area contributed by atoms with E-state index in [4.69, 9.17) is 37.9 Å². The number of carboxylic acid groups (broad SMARTS) is 1. The van der Waals surface area contributed by atoms with Crippen LogP contribution in [0.25, 0.3) is 0 Å². The quantitative estimate of drug-likeness (QED) is 0.629. The number of ether oxygens (including phenoxy) is 8. The normalized spacial score (nSPS) is 21.7. The lowest BCUT2D eigenvalue weighted by Gasteiger charge is -2.35. The van der Waals surface area contributed by atoms with Gasteiger partial charge in [-0.1, -0.05) is 24.3 Å². The average molecular weight is 531 g/mol. The Bertz CT molecular complexity index is 1080. The summed E-state index contributed by atoms with van der Waals surface area (Å²) in [6, 6.07) is 14.7. The van der Waals surface area contributed by atoms with Crippen LogP contribution in [-0.2, 0) is 23.7 Å². The first-order valence-corrected chi connectivity index (χ1v) is 12.7. The summed E-state index contributed by atoms with van der Waals surface area (Å²) < 4.78 is 47.4. The van der Waals surface area contributed by atoms with Gasteiger partial charge in [-0.3, -0.25) is 4.79 Å². The van der Waals surface area contributed by atoms with Crippen molar-refractivity contribution in [3.8, 4) is 23.0 Å². The second-order valence-electron chi connectivity index (χ2n) is 8.80. The molecule has 206 valence electrons. The molecule has 2 aliphatic heterocycles. The van der Waals surface area contributed by atoms with E-state index in [2.05, 4.69) is 0 Å². The van der Waals surface area contributed by atoms with Crippen LogP contribution in [0.2, 0.25) is 0 Å². The third-order valence-electron chi connectivity index (χ3n) is 5.92. The van der Waals surface area contributed by atoms with Crippen molar-refractivity contribution in [2.24, 2.45) is 0 Å². The van der Waals surface area contributed by atoms with E-state index in [0.29, 0.717) is 74.2 Å². The highest BCUT2D eigenvalue weighted by molar-refractivity contribution is 5.66. The Hall–Kier alpha value is -3.31. The smallest absolute Gasteiger partial charge is 0.303 e. The summed E-state index contributed by atoms with van der Waals surface area (Å²) in [6.07, 6.45) is 0.0405. The molecule has 0 aliphatic carbocycles. The topological polar surface area (TPSA) is 111 Å². The molecule has 0 saturated heterocycles. The van der Waals surface area contributed by atoms with Crippen molar-refractivity contribution < 1.29 is 47.8 Å². The molecular formula is C28H34O10. The minimum absolute atomic E-state index is 0.0940. The van der Waals surface area contributed by atoms with Gasteiger partial charge in [0.15, 0.2) is 34.5 Å². The van der Waals surface area contributed by atoms with Gasteiger partial charge < -0.3 is 43.0 Å². The van der Waals surface area contributed by atoms with E-state index < -0.39 is 11.6 Å². The lowest BCUT2D eigenvalue weighted by Crippen LogP contribution is -2.39. The van der Waals surface area contributed by atoms with Crippen molar-refractivity contribution in [1.82, 2.24) is 0 Å². The Morgan fingerprint density at radius 2 is 1.26 bits per heavy atom. The zero-order valence-corrected chi connectivity index (χ0v) is 21.5. The molecule has 0 amide bonds. The molecule has 1 atom stereocenters. The van der Waals surface area contributed by atoms with Crippen LogP contribution in [0.3, 0.4) is 0 Å². The molecule has 38 heavy (non-hydrogen) atoms. The first-order chi connectivity index (χ1) is 18.5. The molecule has 10 nitrogen and oxygen atoms in total. The number of para-hydroxylation sites is 4. The van der Waals surface area contributed by atoms with Crippen molar-refractivity contribution in [2.45, 2.75) is 25.4 Å². The van der Waals surface area contributed by atoms with Gasteiger partial charge in [-0.15, -0.1) is 0 Å². The van der Waals surface area contributed by atoms with E-state index in [1.54, 1.807) is 19.1 Å². The van der Waals surface area contributed by atoms with Crippen LogP contribution < -0.4 is 18.9 Å². The van der Waals surface area contributed by atoms with Crippen molar-refractivity contribution >= 4 is 5.97 Å². The predicted octanol–water partition coefficient (Wildman–Crippen LogP) is 3.83. The van der Waals surface area contributed by atoms with Crippen LogP contribution in [0.15, 0.2) is 60.0 Å². The summed E-state index contributed by atoms with van der Waals surface area (Å²) in [7, 11) is 0. The summed E-state index contributed by atoms with van der Waals surface area (Å²) in [5.74, 6) is 2.17. The SMILES string of the molecule is CC1(CCC(=O)O)OCCOCCOc2ccccc2OCCOCCOCC2=C1Oc1ccccc1O2. The molecule has 10 heteroatoms. The number of hydrogen-bond acceptors (Lipinski definition) is 9. The van der Waals surface area contributed by atoms with Crippen LogP contribution in [0, 0.1) is 0 Å². The third-order valence-corrected chi connectivity index (χ3v) is 5.92. The maximum Gasteiger partial charge on any atom is 0.303 e. The summed E-state index contributed by atoms with van der Waals surface area (Å²) in [6.45, 7) is 4.42. The molecule has 1 N–H and O–H groups in total. The first kappa shape index (κ1) is 27.7. The van der Waals surface area contributed by atoms with Gasteiger partial charge in [0, 0.05) is 6.42 Å². The average Bonchev–Trinajstić information content (AvgIpc) is 2.92. The molecule has 2 aromatic rings. The third kappa shape index (κ3) is 7.84. The van der Waals surface area contributed by atoms with Crippen LogP contribution in [-0.4, -0.2) is 76.1 Å². The molecule has 0 spiro atoms. The molecule has 2 aromatic carbocycles. The number of benzene rings is 2. The van der Waals surface area contributed by atoms with E-state index in [9.17, 15) is 9.90 Å². The molecule has 0 aromatic heterocycles. The van der Waals surface area contributed by atoms with E-state index in [1.165, 1.54) is 0 Å². The minimum Gasteiger partial charge on any atom is -0.487 e. The number of carboxylic acids is 1. The molecule has 2 heterocycles. The maximum absolute atomic E-state index is 11.4. The van der Waals surface area contributed by atoms with E-state index in [1.807, 2.05) is 36.4 Å². The van der Waals surface area contributed by atoms with Gasteiger partial charge in [0.05, 0.1) is 39.6 Å². The summed E-state index contributed by atoms with van der Waals surface area (Å²) in [5, 5.41) is 9.38. The van der Waals surface area contributed by atoms with Crippen LogP contribution in [0.1, 0.15) is 19.8 Å². The maximum atomic E-state index is 11.4. The van der Waals surface area contributed by atoms with Gasteiger partial charge in [0.2, 0.25) is 0 Å². The fourth-order valence-corrected chi connectivity index (χ4v) is 3.98. The number of rotatable bonds is 3. The molecule has 0 saturated carbocycles. The molecule has 2 aliphatic rings. The van der Waals surface area contributed by atoms with Gasteiger partial charge in [-0.05, 0) is 37.6 Å². The number of hydrogen-bond donors (Lipinski definition) is 1. The molecule has 1 unspecified atom stereocenters. The Kier molecular flexibility index (Phi) is 10.2. The van der Waals surface area contributed by atoms with Crippen molar-refractivity contribution in [2.75, 3.05) is 59.5 Å². The lowest BCUT2D eigenvalue weighted by atomic mass is 9.95. The zero-order valence-electron chi connectivity index (χ0n) is 21.5. The molecule has 0 fully saturated rings. The first-order valence-electron chi connectivity index (χ1n) is 12.7. The fourth-order valence-electron chi connectivity index (χ4n) is 3.98. The number of fused-ring (bicyclic) bond motifs is 2. The minimum atomic E-state index is -1.10. The highest BCUT2D eigenvalue weighted by Crippen LogP contribution is 2.40. The second-order valence-corrected chi connectivity index (χ2v) is 8.80. The summed E-state index contributed by atoms with van der Waals surface area (Å²) >= 11 is 0. The highest BCUT2D eigenvalue weighted by atomic mass is 16.6.